The summed E-state index contributed by atoms with van der Waals surface area (Å²) >= 11 is 0. The lowest BCUT2D eigenvalue weighted by atomic mass is 9.90. The number of piperidine rings is 1. The predicted octanol–water partition coefficient (Wildman–Crippen LogP) is 2.73. The molecule has 1 aromatic heterocycles. The zero-order valence-electron chi connectivity index (χ0n) is 13.1. The summed E-state index contributed by atoms with van der Waals surface area (Å²) in [5.74, 6) is 2.63. The van der Waals surface area contributed by atoms with E-state index in [0.29, 0.717) is 5.92 Å². The van der Waals surface area contributed by atoms with E-state index < -0.39 is 0 Å². The molecule has 1 aromatic rings. The quantitative estimate of drug-likeness (QED) is 0.920. The van der Waals surface area contributed by atoms with Crippen LogP contribution in [0.15, 0.2) is 0 Å². The van der Waals surface area contributed by atoms with Gasteiger partial charge in [0.25, 0.3) is 0 Å². The van der Waals surface area contributed by atoms with E-state index in [2.05, 4.69) is 31.1 Å². The van der Waals surface area contributed by atoms with Gasteiger partial charge in [0.05, 0.1) is 0 Å². The van der Waals surface area contributed by atoms with Crippen LogP contribution < -0.4 is 5.32 Å². The maximum absolute atomic E-state index is 4.88. The van der Waals surface area contributed by atoms with Crippen LogP contribution in [0.4, 0.5) is 5.82 Å². The highest BCUT2D eigenvalue weighted by Crippen LogP contribution is 2.41. The third kappa shape index (κ3) is 2.20. The van der Waals surface area contributed by atoms with Crippen LogP contribution in [0, 0.1) is 6.92 Å². The summed E-state index contributed by atoms with van der Waals surface area (Å²) in [5, 5.41) is 3.23. The molecule has 2 fully saturated rings. The lowest BCUT2D eigenvalue weighted by Crippen LogP contribution is -2.39. The molecule has 4 nitrogen and oxygen atoms in total. The number of hydrogen-bond acceptors (Lipinski definition) is 4. The van der Waals surface area contributed by atoms with Gasteiger partial charge in [-0.05, 0) is 46.1 Å². The molecule has 4 heteroatoms. The lowest BCUT2D eigenvalue weighted by molar-refractivity contribution is 0.159. The van der Waals surface area contributed by atoms with E-state index in [-0.39, 0.29) is 0 Å². The van der Waals surface area contributed by atoms with Crippen molar-refractivity contribution >= 4 is 5.82 Å². The smallest absolute Gasteiger partial charge is 0.134 e. The molecule has 2 atom stereocenters. The minimum atomic E-state index is 0.543. The molecule has 0 amide bonds. The van der Waals surface area contributed by atoms with Crippen molar-refractivity contribution in [2.24, 2.45) is 0 Å². The summed E-state index contributed by atoms with van der Waals surface area (Å²) in [4.78, 5) is 12.3. The molecule has 3 rings (SSSR count). The minimum Gasteiger partial charge on any atom is -0.373 e. The molecule has 0 aromatic carbocycles. The van der Waals surface area contributed by atoms with Gasteiger partial charge in [0.1, 0.15) is 11.6 Å². The van der Waals surface area contributed by atoms with Crippen molar-refractivity contribution in [3.63, 3.8) is 0 Å². The van der Waals surface area contributed by atoms with Gasteiger partial charge in [-0.1, -0.05) is 6.92 Å². The third-order valence-corrected chi connectivity index (χ3v) is 5.30. The summed E-state index contributed by atoms with van der Waals surface area (Å²) in [6.45, 7) is 4.30. The van der Waals surface area contributed by atoms with Gasteiger partial charge in [-0.2, -0.15) is 0 Å². The van der Waals surface area contributed by atoms with Crippen LogP contribution in [0.2, 0.25) is 0 Å². The number of rotatable bonds is 3. The molecule has 2 bridgehead atoms. The van der Waals surface area contributed by atoms with Crippen LogP contribution in [0.1, 0.15) is 55.6 Å². The summed E-state index contributed by atoms with van der Waals surface area (Å²) in [6, 6.07) is 1.48. The van der Waals surface area contributed by atoms with Gasteiger partial charge in [0.2, 0.25) is 0 Å². The Morgan fingerprint density at radius 2 is 1.85 bits per heavy atom. The molecule has 0 aliphatic carbocycles. The Morgan fingerprint density at radius 3 is 2.40 bits per heavy atom. The number of nitrogens with one attached hydrogen (secondary N) is 1. The Kier molecular flexibility index (Phi) is 3.67. The van der Waals surface area contributed by atoms with Gasteiger partial charge < -0.3 is 10.2 Å². The first-order chi connectivity index (χ1) is 9.63. The molecule has 0 radical (unpaired) electrons. The second-order valence-electron chi connectivity index (χ2n) is 6.32. The molecule has 2 aliphatic rings. The Morgan fingerprint density at radius 1 is 1.20 bits per heavy atom. The summed E-state index contributed by atoms with van der Waals surface area (Å²) in [7, 11) is 4.24. The van der Waals surface area contributed by atoms with Crippen molar-refractivity contribution < 1.29 is 0 Å². The second kappa shape index (κ2) is 5.32. The van der Waals surface area contributed by atoms with Gasteiger partial charge in [0, 0.05) is 36.3 Å². The van der Waals surface area contributed by atoms with Gasteiger partial charge in [0.15, 0.2) is 0 Å². The van der Waals surface area contributed by atoms with Crippen LogP contribution in [0.25, 0.3) is 0 Å². The molecule has 3 heterocycles. The number of anilines is 1. The molecule has 110 valence electrons. The fourth-order valence-corrected chi connectivity index (χ4v) is 3.97. The molecule has 0 saturated carbocycles. The summed E-state index contributed by atoms with van der Waals surface area (Å²) in [6.07, 6.45) is 6.13. The Hall–Kier alpha value is -1.16. The van der Waals surface area contributed by atoms with Crippen LogP contribution in [0.3, 0.4) is 0 Å². The number of aryl methyl sites for hydroxylation is 1. The van der Waals surface area contributed by atoms with E-state index in [1.807, 2.05) is 7.05 Å². The average molecular weight is 274 g/mol. The molecule has 2 saturated heterocycles. The molecular weight excluding hydrogens is 248 g/mol. The van der Waals surface area contributed by atoms with Gasteiger partial charge in [-0.25, -0.2) is 9.97 Å². The van der Waals surface area contributed by atoms with Gasteiger partial charge in [-0.15, -0.1) is 0 Å². The first-order valence-electron chi connectivity index (χ1n) is 7.91. The maximum Gasteiger partial charge on any atom is 0.134 e. The molecule has 20 heavy (non-hydrogen) atoms. The van der Waals surface area contributed by atoms with E-state index in [1.54, 1.807) is 0 Å². The van der Waals surface area contributed by atoms with Crippen molar-refractivity contribution in [1.29, 1.82) is 0 Å². The summed E-state index contributed by atoms with van der Waals surface area (Å²) in [5.41, 5.74) is 2.40. The molecule has 2 unspecified atom stereocenters. The van der Waals surface area contributed by atoms with E-state index in [9.17, 15) is 0 Å². The number of aromatic nitrogens is 2. The van der Waals surface area contributed by atoms with Crippen LogP contribution in [0.5, 0.6) is 0 Å². The standard InChI is InChI=1S/C16H26N4/c1-5-14-10(2)15(17-3)19-16(18-14)11-8-12-6-7-13(9-11)20(12)4/h11-13H,5-9H2,1-4H3,(H,17,18,19). The lowest BCUT2D eigenvalue weighted by Gasteiger charge is -2.35. The zero-order valence-corrected chi connectivity index (χ0v) is 13.1. The van der Waals surface area contributed by atoms with E-state index in [0.717, 1.165) is 30.1 Å². The Labute approximate surface area is 122 Å². The predicted molar refractivity (Wildman–Crippen MR) is 82.2 cm³/mol. The van der Waals surface area contributed by atoms with Crippen molar-refractivity contribution in [2.45, 2.75) is 64.0 Å². The third-order valence-electron chi connectivity index (χ3n) is 5.30. The molecular formula is C16H26N4. The average Bonchev–Trinajstić information content (AvgIpc) is 2.68. The number of fused-ring (bicyclic) bond motifs is 2. The van der Waals surface area contributed by atoms with Crippen molar-refractivity contribution in [2.75, 3.05) is 19.4 Å². The largest absolute Gasteiger partial charge is 0.373 e. The van der Waals surface area contributed by atoms with E-state index in [1.165, 1.54) is 36.9 Å². The maximum atomic E-state index is 4.88. The zero-order chi connectivity index (χ0) is 14.3. The highest BCUT2D eigenvalue weighted by Gasteiger charge is 2.40. The number of hydrogen-bond donors (Lipinski definition) is 1. The monoisotopic (exact) mass is 274 g/mol. The Balaban J connectivity index is 1.91. The van der Waals surface area contributed by atoms with E-state index in [4.69, 9.17) is 9.97 Å². The molecule has 2 aliphatic heterocycles. The summed E-state index contributed by atoms with van der Waals surface area (Å²) < 4.78 is 0. The van der Waals surface area contributed by atoms with Crippen LogP contribution >= 0.6 is 0 Å². The number of nitrogens with zero attached hydrogens (tertiary/aromatic N) is 3. The van der Waals surface area contributed by atoms with Crippen LogP contribution in [-0.4, -0.2) is 41.0 Å². The van der Waals surface area contributed by atoms with Gasteiger partial charge >= 0.3 is 0 Å². The second-order valence-corrected chi connectivity index (χ2v) is 6.32. The van der Waals surface area contributed by atoms with Gasteiger partial charge in [-0.3, -0.25) is 0 Å². The normalized spacial score (nSPS) is 29.7. The van der Waals surface area contributed by atoms with Crippen molar-refractivity contribution in [3.05, 3.63) is 17.1 Å². The topological polar surface area (TPSA) is 41.1 Å². The fraction of sp³-hybridized carbons (Fsp3) is 0.750. The molecule has 1 N–H and O–H groups in total. The van der Waals surface area contributed by atoms with Crippen molar-refractivity contribution in [3.8, 4) is 0 Å². The van der Waals surface area contributed by atoms with Crippen molar-refractivity contribution in [1.82, 2.24) is 14.9 Å². The highest BCUT2D eigenvalue weighted by atomic mass is 15.2. The minimum absolute atomic E-state index is 0.543. The van der Waals surface area contributed by atoms with E-state index >= 15 is 0 Å². The van der Waals surface area contributed by atoms with Crippen LogP contribution in [-0.2, 0) is 6.42 Å². The molecule has 0 spiro atoms. The fourth-order valence-electron chi connectivity index (χ4n) is 3.97. The first-order valence-corrected chi connectivity index (χ1v) is 7.91. The Bertz CT molecular complexity index is 460. The highest BCUT2D eigenvalue weighted by molar-refractivity contribution is 5.45. The first kappa shape index (κ1) is 13.8. The SMILES string of the molecule is CCc1nc(C2CC3CCC(C2)N3C)nc(NC)c1C.